The lowest BCUT2D eigenvalue weighted by molar-refractivity contribution is 1.38. The van der Waals surface area contributed by atoms with Gasteiger partial charge in [0.2, 0.25) is 0 Å². The van der Waals surface area contributed by atoms with Crippen molar-refractivity contribution in [1.29, 1.82) is 5.26 Å². The number of thiazole rings is 1. The zero-order chi connectivity index (χ0) is 16.8. The second kappa shape index (κ2) is 7.87. The van der Waals surface area contributed by atoms with Gasteiger partial charge in [-0.05, 0) is 33.6 Å². The molecule has 1 heterocycles. The van der Waals surface area contributed by atoms with Gasteiger partial charge in [-0.15, -0.1) is 11.3 Å². The summed E-state index contributed by atoms with van der Waals surface area (Å²) in [5, 5.41) is 12.3. The van der Waals surface area contributed by atoms with Gasteiger partial charge in [0, 0.05) is 15.4 Å². The minimum Gasteiger partial charge on any atom is -0.237 e. The minimum atomic E-state index is 0.549. The molecule has 0 atom stereocenters. The maximum Gasteiger partial charge on any atom is 0.118 e. The van der Waals surface area contributed by atoms with Gasteiger partial charge in [-0.25, -0.2) is 4.98 Å². The van der Waals surface area contributed by atoms with E-state index in [9.17, 15) is 5.26 Å². The summed E-state index contributed by atoms with van der Waals surface area (Å²) in [7, 11) is 0. The Hall–Kier alpha value is -2.48. The van der Waals surface area contributed by atoms with Gasteiger partial charge >= 0.3 is 0 Å². The predicted octanol–water partition coefficient (Wildman–Crippen LogP) is 6.15. The fourth-order valence-corrected chi connectivity index (χ4v) is 3.37. The first-order valence-electron chi connectivity index (χ1n) is 7.31. The quantitative estimate of drug-likeness (QED) is 0.394. The summed E-state index contributed by atoms with van der Waals surface area (Å²) < 4.78 is 0.743. The van der Waals surface area contributed by atoms with E-state index in [0.29, 0.717) is 5.57 Å². The molecular weight excluding hydrogens is 380 g/mol. The number of allylic oxidation sites excluding steroid dienone is 2. The number of rotatable bonds is 4. The summed E-state index contributed by atoms with van der Waals surface area (Å²) in [6, 6.07) is 22.1. The summed E-state index contributed by atoms with van der Waals surface area (Å²) in [6.07, 6.45) is 3.74. The number of nitrogens with zero attached hydrogens (tertiary/aromatic N) is 2. The monoisotopic (exact) mass is 392 g/mol. The second-order valence-corrected chi connectivity index (χ2v) is 6.75. The van der Waals surface area contributed by atoms with E-state index >= 15 is 0 Å². The maximum absolute atomic E-state index is 9.45. The van der Waals surface area contributed by atoms with E-state index < -0.39 is 0 Å². The van der Waals surface area contributed by atoms with Crippen molar-refractivity contribution >= 4 is 39.4 Å². The van der Waals surface area contributed by atoms with Crippen LogP contribution >= 0.6 is 27.3 Å². The van der Waals surface area contributed by atoms with Gasteiger partial charge < -0.3 is 0 Å². The van der Waals surface area contributed by atoms with Crippen molar-refractivity contribution in [2.75, 3.05) is 0 Å². The van der Waals surface area contributed by atoms with E-state index in [-0.39, 0.29) is 0 Å². The molecule has 0 radical (unpaired) electrons. The first-order chi connectivity index (χ1) is 11.8. The highest BCUT2D eigenvalue weighted by Crippen LogP contribution is 2.26. The third kappa shape index (κ3) is 4.08. The Labute approximate surface area is 153 Å². The zero-order valence-corrected chi connectivity index (χ0v) is 15.1. The Kier molecular flexibility index (Phi) is 5.37. The summed E-state index contributed by atoms with van der Waals surface area (Å²) in [4.78, 5) is 4.60. The number of halogens is 1. The molecule has 0 saturated carbocycles. The fraction of sp³-hybridized carbons (Fsp3) is 0. The molecule has 116 valence electrons. The molecule has 0 aliphatic carbocycles. The molecule has 0 N–H and O–H groups in total. The van der Waals surface area contributed by atoms with Gasteiger partial charge in [0.05, 0.1) is 11.3 Å². The van der Waals surface area contributed by atoms with Gasteiger partial charge in [-0.1, -0.05) is 60.7 Å². The number of nitriles is 1. The van der Waals surface area contributed by atoms with Crippen molar-refractivity contribution in [2.45, 2.75) is 0 Å². The molecule has 0 aliphatic rings. The van der Waals surface area contributed by atoms with Crippen molar-refractivity contribution in [3.8, 4) is 17.3 Å². The van der Waals surface area contributed by atoms with E-state index in [1.165, 1.54) is 11.3 Å². The fourth-order valence-electron chi connectivity index (χ4n) is 2.15. The average Bonchev–Trinajstić information content (AvgIpc) is 3.10. The molecule has 0 saturated heterocycles. The van der Waals surface area contributed by atoms with Crippen LogP contribution in [0.1, 0.15) is 10.6 Å². The van der Waals surface area contributed by atoms with Crippen LogP contribution in [0.4, 0.5) is 0 Å². The Balaban J connectivity index is 1.88. The molecule has 1 aromatic heterocycles. The number of hydrogen-bond donors (Lipinski definition) is 0. The van der Waals surface area contributed by atoms with Crippen LogP contribution in [0.3, 0.4) is 0 Å². The molecule has 0 unspecified atom stereocenters. The largest absolute Gasteiger partial charge is 0.237 e. The van der Waals surface area contributed by atoms with E-state index in [0.717, 1.165) is 26.3 Å². The molecule has 4 heteroatoms. The van der Waals surface area contributed by atoms with Crippen molar-refractivity contribution in [3.63, 3.8) is 0 Å². The third-order valence-electron chi connectivity index (χ3n) is 3.33. The van der Waals surface area contributed by atoms with E-state index in [4.69, 9.17) is 0 Å². The zero-order valence-electron chi connectivity index (χ0n) is 12.7. The molecule has 0 amide bonds. The minimum absolute atomic E-state index is 0.549. The summed E-state index contributed by atoms with van der Waals surface area (Å²) in [6.45, 7) is 0. The number of benzene rings is 2. The Bertz CT molecular complexity index is 919. The van der Waals surface area contributed by atoms with Crippen LogP contribution in [0.2, 0.25) is 0 Å². The highest BCUT2D eigenvalue weighted by molar-refractivity contribution is 9.12. The maximum atomic E-state index is 9.45. The van der Waals surface area contributed by atoms with Gasteiger partial charge in [-0.2, -0.15) is 5.26 Å². The molecule has 2 nitrogen and oxygen atoms in total. The number of aromatic nitrogens is 1. The lowest BCUT2D eigenvalue weighted by atomic mass is 10.1. The Morgan fingerprint density at radius 1 is 1.00 bits per heavy atom. The van der Waals surface area contributed by atoms with Crippen molar-refractivity contribution < 1.29 is 0 Å². The van der Waals surface area contributed by atoms with E-state index in [1.807, 2.05) is 72.1 Å². The number of hydrogen-bond acceptors (Lipinski definition) is 3. The third-order valence-corrected chi connectivity index (χ3v) is 4.78. The highest BCUT2D eigenvalue weighted by atomic mass is 79.9. The van der Waals surface area contributed by atoms with Crippen LogP contribution < -0.4 is 0 Å². The molecule has 2 aromatic carbocycles. The average molecular weight is 393 g/mol. The predicted molar refractivity (Wildman–Crippen MR) is 104 cm³/mol. The van der Waals surface area contributed by atoms with E-state index in [1.54, 1.807) is 6.08 Å². The molecule has 0 aliphatic heterocycles. The molecule has 24 heavy (non-hydrogen) atoms. The van der Waals surface area contributed by atoms with Gasteiger partial charge in [0.1, 0.15) is 11.1 Å². The summed E-state index contributed by atoms with van der Waals surface area (Å²) >= 11 is 5.02. The summed E-state index contributed by atoms with van der Waals surface area (Å²) in [5.41, 5.74) is 3.58. The molecular formula is C20H13BrN2S. The molecule has 3 aromatic rings. The van der Waals surface area contributed by atoms with Crippen LogP contribution in [-0.2, 0) is 0 Å². The topological polar surface area (TPSA) is 36.7 Å². The Morgan fingerprint density at radius 2 is 1.67 bits per heavy atom. The molecule has 0 bridgehead atoms. The molecule has 0 spiro atoms. The lowest BCUT2D eigenvalue weighted by Crippen LogP contribution is -1.82. The van der Waals surface area contributed by atoms with Crippen molar-refractivity contribution in [2.24, 2.45) is 0 Å². The first kappa shape index (κ1) is 16.4. The van der Waals surface area contributed by atoms with Crippen LogP contribution in [0.5, 0.6) is 0 Å². The van der Waals surface area contributed by atoms with Gasteiger partial charge in [0.25, 0.3) is 0 Å². The van der Waals surface area contributed by atoms with Gasteiger partial charge in [0.15, 0.2) is 0 Å². The van der Waals surface area contributed by atoms with Gasteiger partial charge in [-0.3, -0.25) is 0 Å². The van der Waals surface area contributed by atoms with Crippen LogP contribution in [0.15, 0.2) is 76.1 Å². The first-order valence-corrected chi connectivity index (χ1v) is 8.99. The lowest BCUT2D eigenvalue weighted by Gasteiger charge is -1.98. The highest BCUT2D eigenvalue weighted by Gasteiger charge is 2.06. The van der Waals surface area contributed by atoms with Crippen LogP contribution in [-0.4, -0.2) is 4.98 Å². The Morgan fingerprint density at radius 3 is 2.33 bits per heavy atom. The smallest absolute Gasteiger partial charge is 0.118 e. The SMILES string of the molecule is N#CC(=C/c1nc(-c2ccccc2)cs1)/C(Br)=C\c1ccccc1. The normalized spacial score (nSPS) is 12.0. The molecule has 0 fully saturated rings. The van der Waals surface area contributed by atoms with E-state index in [2.05, 4.69) is 27.0 Å². The van der Waals surface area contributed by atoms with Crippen LogP contribution in [0, 0.1) is 11.3 Å². The standard InChI is InChI=1S/C20H13BrN2S/c21-18(11-15-7-3-1-4-8-15)17(13-22)12-20-23-19(14-24-20)16-9-5-2-6-10-16/h1-12,14H/b17-12-,18-11+. The summed E-state index contributed by atoms with van der Waals surface area (Å²) in [5.74, 6) is 0. The second-order valence-electron chi connectivity index (χ2n) is 5.01. The van der Waals surface area contributed by atoms with Crippen LogP contribution in [0.25, 0.3) is 23.4 Å². The van der Waals surface area contributed by atoms with Crippen molar-refractivity contribution in [1.82, 2.24) is 4.98 Å². The molecule has 3 rings (SSSR count). The van der Waals surface area contributed by atoms with Crippen molar-refractivity contribution in [3.05, 3.63) is 86.7 Å².